The summed E-state index contributed by atoms with van der Waals surface area (Å²) in [6.45, 7) is 0. The lowest BCUT2D eigenvalue weighted by molar-refractivity contribution is 0.182. The van der Waals surface area contributed by atoms with E-state index in [1.165, 1.54) is 29.5 Å². The predicted molar refractivity (Wildman–Crippen MR) is 76.8 cm³/mol. The summed E-state index contributed by atoms with van der Waals surface area (Å²) in [5, 5.41) is 10.9. The van der Waals surface area contributed by atoms with Crippen LogP contribution in [0.4, 0.5) is 13.2 Å². The fraction of sp³-hybridized carbons (Fsp3) is 0.125. The van der Waals surface area contributed by atoms with Crippen LogP contribution in [-0.2, 0) is 6.42 Å². The molecule has 1 heterocycles. The molecule has 1 unspecified atom stereocenters. The fourth-order valence-corrected chi connectivity index (χ4v) is 3.22. The van der Waals surface area contributed by atoms with Crippen LogP contribution in [-0.4, -0.2) is 5.11 Å². The van der Waals surface area contributed by atoms with Gasteiger partial charge in [-0.1, -0.05) is 6.07 Å². The highest BCUT2D eigenvalue weighted by atomic mass is 32.1. The average molecular weight is 308 g/mol. The van der Waals surface area contributed by atoms with Crippen LogP contribution >= 0.6 is 11.3 Å². The van der Waals surface area contributed by atoms with Crippen LogP contribution < -0.4 is 0 Å². The molecule has 0 bridgehead atoms. The number of hydrogen-bond donors (Lipinski definition) is 1. The second-order valence-electron chi connectivity index (χ2n) is 4.80. The monoisotopic (exact) mass is 308 g/mol. The van der Waals surface area contributed by atoms with Crippen LogP contribution in [0.1, 0.15) is 16.5 Å². The quantitative estimate of drug-likeness (QED) is 0.750. The van der Waals surface area contributed by atoms with Gasteiger partial charge in [-0.25, -0.2) is 13.2 Å². The lowest BCUT2D eigenvalue weighted by Gasteiger charge is -2.08. The van der Waals surface area contributed by atoms with Crippen molar-refractivity contribution in [1.29, 1.82) is 0 Å². The second-order valence-corrected chi connectivity index (χ2v) is 5.91. The van der Waals surface area contributed by atoms with Gasteiger partial charge in [0.2, 0.25) is 0 Å². The molecule has 0 aliphatic carbocycles. The first-order valence-electron chi connectivity index (χ1n) is 6.34. The van der Waals surface area contributed by atoms with Crippen molar-refractivity contribution in [3.8, 4) is 0 Å². The number of rotatable bonds is 3. The molecule has 108 valence electrons. The summed E-state index contributed by atoms with van der Waals surface area (Å²) in [5.41, 5.74) is 0.505. The zero-order valence-corrected chi connectivity index (χ0v) is 11.6. The molecule has 0 aliphatic rings. The van der Waals surface area contributed by atoms with E-state index in [2.05, 4.69) is 0 Å². The molecule has 0 saturated heterocycles. The van der Waals surface area contributed by atoms with E-state index < -0.39 is 17.7 Å². The van der Waals surface area contributed by atoms with E-state index in [1.54, 1.807) is 12.1 Å². The van der Waals surface area contributed by atoms with Crippen molar-refractivity contribution in [3.05, 3.63) is 70.4 Å². The Labute approximate surface area is 123 Å². The molecule has 0 radical (unpaired) electrons. The van der Waals surface area contributed by atoms with Gasteiger partial charge in [0.25, 0.3) is 0 Å². The molecule has 0 spiro atoms. The Balaban J connectivity index is 1.85. The predicted octanol–water partition coefficient (Wildman–Crippen LogP) is 4.59. The van der Waals surface area contributed by atoms with Gasteiger partial charge in [-0.2, -0.15) is 0 Å². The summed E-state index contributed by atoms with van der Waals surface area (Å²) in [6.07, 6.45) is -0.665. The van der Waals surface area contributed by atoms with Gasteiger partial charge in [0.15, 0.2) is 11.6 Å². The maximum Gasteiger partial charge on any atom is 0.159 e. The van der Waals surface area contributed by atoms with Crippen molar-refractivity contribution in [2.45, 2.75) is 12.5 Å². The molecule has 1 aromatic heterocycles. The van der Waals surface area contributed by atoms with Crippen molar-refractivity contribution in [2.75, 3.05) is 0 Å². The highest BCUT2D eigenvalue weighted by molar-refractivity contribution is 7.19. The van der Waals surface area contributed by atoms with Crippen LogP contribution in [0.5, 0.6) is 0 Å². The van der Waals surface area contributed by atoms with Gasteiger partial charge < -0.3 is 5.11 Å². The molecule has 1 N–H and O–H groups in total. The number of thiophene rings is 1. The minimum absolute atomic E-state index is 0.173. The largest absolute Gasteiger partial charge is 0.387 e. The van der Waals surface area contributed by atoms with Gasteiger partial charge in [0.1, 0.15) is 5.82 Å². The smallest absolute Gasteiger partial charge is 0.159 e. The highest BCUT2D eigenvalue weighted by Gasteiger charge is 2.14. The Kier molecular flexibility index (Phi) is 3.69. The summed E-state index contributed by atoms with van der Waals surface area (Å²) in [7, 11) is 0. The second kappa shape index (κ2) is 5.50. The number of halogens is 3. The van der Waals surface area contributed by atoms with E-state index in [1.807, 2.05) is 0 Å². The third-order valence-electron chi connectivity index (χ3n) is 3.24. The zero-order chi connectivity index (χ0) is 15.0. The minimum atomic E-state index is -0.932. The van der Waals surface area contributed by atoms with Gasteiger partial charge >= 0.3 is 0 Å². The van der Waals surface area contributed by atoms with E-state index in [9.17, 15) is 18.3 Å². The number of aliphatic hydroxyl groups is 1. The van der Waals surface area contributed by atoms with Crippen molar-refractivity contribution in [3.63, 3.8) is 0 Å². The van der Waals surface area contributed by atoms with Crippen molar-refractivity contribution >= 4 is 21.4 Å². The van der Waals surface area contributed by atoms with Gasteiger partial charge in [0, 0.05) is 16.0 Å². The topological polar surface area (TPSA) is 20.2 Å². The third-order valence-corrected chi connectivity index (χ3v) is 4.46. The van der Waals surface area contributed by atoms with Gasteiger partial charge in [-0.3, -0.25) is 0 Å². The Bertz CT molecular complexity index is 797. The first-order valence-corrected chi connectivity index (χ1v) is 7.15. The van der Waals surface area contributed by atoms with Crippen LogP contribution in [0, 0.1) is 17.5 Å². The van der Waals surface area contributed by atoms with Gasteiger partial charge in [-0.15, -0.1) is 11.3 Å². The van der Waals surface area contributed by atoms with E-state index in [0.717, 1.165) is 22.2 Å². The number of hydrogen-bond acceptors (Lipinski definition) is 2. The molecule has 5 heteroatoms. The molecule has 1 atom stereocenters. The van der Waals surface area contributed by atoms with Crippen molar-refractivity contribution in [1.82, 2.24) is 0 Å². The van der Waals surface area contributed by atoms with Gasteiger partial charge in [0.05, 0.1) is 6.10 Å². The molecule has 3 rings (SSSR count). The lowest BCUT2D eigenvalue weighted by Crippen LogP contribution is -2.00. The van der Waals surface area contributed by atoms with Gasteiger partial charge in [-0.05, 0) is 47.3 Å². The van der Waals surface area contributed by atoms with Crippen LogP contribution in [0.15, 0.2) is 42.5 Å². The third kappa shape index (κ3) is 2.94. The van der Waals surface area contributed by atoms with Crippen molar-refractivity contribution in [2.24, 2.45) is 0 Å². The van der Waals surface area contributed by atoms with E-state index in [4.69, 9.17) is 0 Å². The lowest BCUT2D eigenvalue weighted by atomic mass is 10.1. The zero-order valence-electron chi connectivity index (χ0n) is 10.8. The summed E-state index contributed by atoms with van der Waals surface area (Å²) >= 11 is 1.36. The Morgan fingerprint density at radius 3 is 2.52 bits per heavy atom. The summed E-state index contributed by atoms with van der Waals surface area (Å²) in [4.78, 5) is 0.667. The highest BCUT2D eigenvalue weighted by Crippen LogP contribution is 2.32. The number of fused-ring (bicyclic) bond motifs is 1. The van der Waals surface area contributed by atoms with E-state index >= 15 is 0 Å². The Morgan fingerprint density at radius 2 is 1.76 bits per heavy atom. The molecule has 3 aromatic rings. The maximum absolute atomic E-state index is 13.1. The fourth-order valence-electron chi connectivity index (χ4n) is 2.19. The summed E-state index contributed by atoms with van der Waals surface area (Å²) < 4.78 is 40.0. The molecule has 1 nitrogen and oxygen atoms in total. The SMILES string of the molecule is OC(Cc1ccc(F)c(F)c1)c1cc2cc(F)ccc2s1. The normalized spacial score (nSPS) is 12.8. The minimum Gasteiger partial charge on any atom is -0.387 e. The van der Waals surface area contributed by atoms with Crippen molar-refractivity contribution < 1.29 is 18.3 Å². The Morgan fingerprint density at radius 1 is 0.952 bits per heavy atom. The van der Waals surface area contributed by atoms with Crippen LogP contribution in [0.3, 0.4) is 0 Å². The molecule has 0 amide bonds. The maximum atomic E-state index is 13.1. The Hall–Kier alpha value is -1.85. The van der Waals surface area contributed by atoms with E-state index in [-0.39, 0.29) is 12.2 Å². The summed E-state index contributed by atoms with van der Waals surface area (Å²) in [6, 6.07) is 9.69. The molecule has 0 fully saturated rings. The average Bonchev–Trinajstić information content (AvgIpc) is 2.86. The van der Waals surface area contributed by atoms with E-state index in [0.29, 0.717) is 10.4 Å². The molecule has 2 aromatic carbocycles. The summed E-state index contributed by atoms with van der Waals surface area (Å²) in [5.74, 6) is -2.18. The van der Waals surface area contributed by atoms with Crippen LogP contribution in [0.25, 0.3) is 10.1 Å². The molecular formula is C16H11F3OS. The number of aliphatic hydroxyl groups excluding tert-OH is 1. The first kappa shape index (κ1) is 14.1. The standard InChI is InChI=1S/C16H11F3OS/c17-11-2-4-15-10(7-11)8-16(21-15)14(20)6-9-1-3-12(18)13(19)5-9/h1-5,7-8,14,20H,6H2. The first-order chi connectivity index (χ1) is 10.0. The number of benzene rings is 2. The molecule has 21 heavy (non-hydrogen) atoms. The van der Waals surface area contributed by atoms with Crippen LogP contribution in [0.2, 0.25) is 0 Å². The molecule has 0 aliphatic heterocycles. The molecule has 0 saturated carbocycles. The molecular weight excluding hydrogens is 297 g/mol.